The molecule has 2 aromatic carbocycles. The topological polar surface area (TPSA) is 84.8 Å². The smallest absolute Gasteiger partial charge is 0.272 e. The van der Waals surface area contributed by atoms with Gasteiger partial charge in [-0.1, -0.05) is 34.3 Å². The summed E-state index contributed by atoms with van der Waals surface area (Å²) in [5.74, 6) is 0.710. The zero-order chi connectivity index (χ0) is 19.9. The molecule has 0 unspecified atom stereocenters. The van der Waals surface area contributed by atoms with E-state index in [1.807, 2.05) is 24.3 Å². The molecular weight excluding hydrogens is 430 g/mol. The number of nitrogens with one attached hydrogen (secondary N) is 1. The molecule has 6 rings (SSSR count). The number of aromatic nitrogens is 4. The number of fused-ring (bicyclic) bond motifs is 7. The molecule has 1 N–H and O–H groups in total. The third-order valence-electron chi connectivity index (χ3n) is 4.86. The predicted octanol–water partition coefficient (Wildman–Crippen LogP) is 4.07. The molecule has 4 aromatic heterocycles. The van der Waals surface area contributed by atoms with Crippen molar-refractivity contribution >= 4 is 75.7 Å². The molecule has 0 saturated carbocycles. The third-order valence-corrected chi connectivity index (χ3v) is 7.10. The Kier molecular flexibility index (Phi) is 3.35. The van der Waals surface area contributed by atoms with Crippen molar-refractivity contribution in [2.45, 2.75) is 0 Å². The van der Waals surface area contributed by atoms with E-state index in [1.54, 1.807) is 28.0 Å². The summed E-state index contributed by atoms with van der Waals surface area (Å²) < 4.78 is 10.3. The van der Waals surface area contributed by atoms with Gasteiger partial charge >= 0.3 is 0 Å². The van der Waals surface area contributed by atoms with Crippen LogP contribution in [0.4, 0.5) is 0 Å². The Morgan fingerprint density at radius 2 is 1.66 bits per heavy atom. The summed E-state index contributed by atoms with van der Waals surface area (Å²) in [6, 6.07) is 10.9. The summed E-state index contributed by atoms with van der Waals surface area (Å²) in [4.78, 5) is 23.7. The highest BCUT2D eigenvalue weighted by Gasteiger charge is 2.17. The first-order valence-corrected chi connectivity index (χ1v) is 10.5. The molecule has 7 nitrogen and oxygen atoms in total. The molecule has 0 atom stereocenters. The van der Waals surface area contributed by atoms with Crippen molar-refractivity contribution in [1.82, 2.24) is 18.8 Å². The molecule has 0 bridgehead atoms. The van der Waals surface area contributed by atoms with Gasteiger partial charge in [0.1, 0.15) is 16.6 Å². The number of methoxy groups -OCH3 is 1. The lowest BCUT2D eigenvalue weighted by Crippen LogP contribution is -2.25. The van der Waals surface area contributed by atoms with Gasteiger partial charge in [0.25, 0.3) is 5.56 Å². The van der Waals surface area contributed by atoms with Crippen LogP contribution in [0.2, 0.25) is 5.02 Å². The van der Waals surface area contributed by atoms with Gasteiger partial charge in [-0.3, -0.25) is 19.0 Å². The Bertz CT molecular complexity index is 1760. The molecule has 142 valence electrons. The summed E-state index contributed by atoms with van der Waals surface area (Å²) in [5, 5.41) is 9.55. The number of benzene rings is 2. The van der Waals surface area contributed by atoms with Crippen LogP contribution >= 0.6 is 34.3 Å². The number of nitrogens with zero attached hydrogens (tertiary/aromatic N) is 4. The van der Waals surface area contributed by atoms with Crippen molar-refractivity contribution in [3.63, 3.8) is 0 Å². The van der Waals surface area contributed by atoms with Crippen LogP contribution in [0.25, 0.3) is 41.4 Å². The molecule has 29 heavy (non-hydrogen) atoms. The van der Waals surface area contributed by atoms with Gasteiger partial charge in [0.15, 0.2) is 15.6 Å². The first kappa shape index (κ1) is 16.9. The molecule has 0 saturated heterocycles. The Labute approximate surface area is 174 Å². The van der Waals surface area contributed by atoms with Crippen molar-refractivity contribution in [2.24, 2.45) is 0 Å². The maximum absolute atomic E-state index is 13.4. The fraction of sp³-hybridized carbons (Fsp3) is 0.0526. The van der Waals surface area contributed by atoms with Gasteiger partial charge in [0, 0.05) is 5.02 Å². The lowest BCUT2D eigenvalue weighted by Gasteiger charge is -2.02. The van der Waals surface area contributed by atoms with Gasteiger partial charge in [0.2, 0.25) is 0 Å². The van der Waals surface area contributed by atoms with Crippen LogP contribution in [-0.2, 0) is 0 Å². The molecule has 0 aliphatic heterocycles. The molecule has 6 aromatic rings. The first-order valence-electron chi connectivity index (χ1n) is 8.53. The monoisotopic (exact) mass is 439 g/mol. The minimum atomic E-state index is -0.304. The highest BCUT2D eigenvalue weighted by atomic mass is 35.5. The fourth-order valence-electron chi connectivity index (χ4n) is 3.54. The van der Waals surface area contributed by atoms with E-state index in [0.29, 0.717) is 20.7 Å². The molecule has 0 aliphatic rings. The maximum Gasteiger partial charge on any atom is 0.272 e. The number of hydrogen-bond donors (Lipinski definition) is 1. The summed E-state index contributed by atoms with van der Waals surface area (Å²) in [7, 11) is 1.60. The lowest BCUT2D eigenvalue weighted by atomic mass is 10.3. The predicted molar refractivity (Wildman–Crippen MR) is 116 cm³/mol. The van der Waals surface area contributed by atoms with Gasteiger partial charge in [-0.15, -0.1) is 0 Å². The molecule has 0 amide bonds. The van der Waals surface area contributed by atoms with Crippen LogP contribution in [0.1, 0.15) is 0 Å². The van der Waals surface area contributed by atoms with Gasteiger partial charge in [0.05, 0.1) is 27.5 Å². The minimum Gasteiger partial charge on any atom is -0.497 e. The number of rotatable bonds is 1. The van der Waals surface area contributed by atoms with Crippen LogP contribution in [0, 0.1) is 5.41 Å². The van der Waals surface area contributed by atoms with Gasteiger partial charge in [-0.25, -0.2) is 0 Å². The summed E-state index contributed by atoms with van der Waals surface area (Å²) >= 11 is 8.91. The van der Waals surface area contributed by atoms with E-state index in [4.69, 9.17) is 21.7 Å². The second-order valence-electron chi connectivity index (χ2n) is 6.46. The zero-order valence-electron chi connectivity index (χ0n) is 14.8. The van der Waals surface area contributed by atoms with Crippen LogP contribution in [0.5, 0.6) is 5.75 Å². The Hall–Kier alpha value is -3.01. The normalized spacial score (nSPS) is 12.1. The highest BCUT2D eigenvalue weighted by molar-refractivity contribution is 7.24. The van der Waals surface area contributed by atoms with Gasteiger partial charge in [-0.2, -0.15) is 9.97 Å². The van der Waals surface area contributed by atoms with Crippen molar-refractivity contribution in [1.29, 1.82) is 5.41 Å². The quantitative estimate of drug-likeness (QED) is 0.418. The summed E-state index contributed by atoms with van der Waals surface area (Å²) in [5.41, 5.74) is 1.56. The molecular formula is C19H10ClN5O2S2. The maximum atomic E-state index is 13.4. The van der Waals surface area contributed by atoms with E-state index in [0.717, 1.165) is 20.4 Å². The molecule has 0 aliphatic carbocycles. The molecule has 0 radical (unpaired) electrons. The average Bonchev–Trinajstić information content (AvgIpc) is 3.24. The Balaban J connectivity index is 1.83. The third kappa shape index (κ3) is 2.23. The number of hydrogen-bond acceptors (Lipinski definition) is 7. The minimum absolute atomic E-state index is 0.0679. The van der Waals surface area contributed by atoms with Crippen LogP contribution < -0.4 is 15.8 Å². The number of thiazole rings is 2. The summed E-state index contributed by atoms with van der Waals surface area (Å²) in [6.07, 6.45) is 0. The second-order valence-corrected chi connectivity index (χ2v) is 8.92. The van der Waals surface area contributed by atoms with Crippen molar-refractivity contribution in [3.8, 4) is 5.75 Å². The standard InChI is InChI=1S/C19H10ClN5O2S2/c1-27-9-3-5-11-13(7-9)29-19-23-16-14(17(26)25(11)19)15(21)24-10-4-2-8(20)6-12(10)28-18(24)22-16/h2-7,21H,1H3. The van der Waals surface area contributed by atoms with Crippen molar-refractivity contribution in [2.75, 3.05) is 7.11 Å². The molecule has 4 heterocycles. The Morgan fingerprint density at radius 1 is 1.00 bits per heavy atom. The fourth-order valence-corrected chi connectivity index (χ4v) is 5.88. The van der Waals surface area contributed by atoms with E-state index in [9.17, 15) is 4.79 Å². The Morgan fingerprint density at radius 3 is 2.41 bits per heavy atom. The number of ether oxygens (including phenoxy) is 1. The first-order chi connectivity index (χ1) is 14.0. The molecule has 0 fully saturated rings. The van der Waals surface area contributed by atoms with E-state index < -0.39 is 0 Å². The second kappa shape index (κ2) is 5.76. The van der Waals surface area contributed by atoms with Crippen LogP contribution in [0.15, 0.2) is 41.2 Å². The van der Waals surface area contributed by atoms with Crippen LogP contribution in [0.3, 0.4) is 0 Å². The average molecular weight is 440 g/mol. The van der Waals surface area contributed by atoms with Gasteiger partial charge < -0.3 is 4.74 Å². The highest BCUT2D eigenvalue weighted by Crippen LogP contribution is 2.30. The van der Waals surface area contributed by atoms with E-state index in [2.05, 4.69) is 9.97 Å². The van der Waals surface area contributed by atoms with Gasteiger partial charge in [-0.05, 0) is 36.4 Å². The number of halogens is 1. The van der Waals surface area contributed by atoms with Crippen molar-refractivity contribution < 1.29 is 4.74 Å². The largest absolute Gasteiger partial charge is 0.497 e. The van der Waals surface area contributed by atoms with E-state index in [-0.39, 0.29) is 22.1 Å². The zero-order valence-corrected chi connectivity index (χ0v) is 17.2. The van der Waals surface area contributed by atoms with E-state index >= 15 is 0 Å². The van der Waals surface area contributed by atoms with Crippen molar-refractivity contribution in [3.05, 3.63) is 57.3 Å². The van der Waals surface area contributed by atoms with E-state index in [1.165, 1.54) is 22.7 Å². The SMILES string of the molecule is COc1ccc2c(c1)sc1nc3nc4sc5cc(Cl)ccc5n4c(=N)c3c(=O)n12. The molecule has 0 spiro atoms. The lowest BCUT2D eigenvalue weighted by molar-refractivity contribution is 0.415. The van der Waals surface area contributed by atoms with Crippen LogP contribution in [-0.4, -0.2) is 25.9 Å². The summed E-state index contributed by atoms with van der Waals surface area (Å²) in [6.45, 7) is 0. The molecule has 10 heteroatoms.